The van der Waals surface area contributed by atoms with Gasteiger partial charge in [-0.25, -0.2) is 9.97 Å². The van der Waals surface area contributed by atoms with Crippen molar-refractivity contribution in [2.45, 2.75) is 0 Å². The van der Waals surface area contributed by atoms with Crippen molar-refractivity contribution in [1.82, 2.24) is 18.9 Å². The number of para-hydroxylation sites is 5. The van der Waals surface area contributed by atoms with E-state index in [0.29, 0.717) is 0 Å². The fourth-order valence-corrected chi connectivity index (χ4v) is 8.55. The zero-order chi connectivity index (χ0) is 34.6. The lowest BCUT2D eigenvalue weighted by molar-refractivity contribution is 0.670. The van der Waals surface area contributed by atoms with Crippen LogP contribution in [0, 0.1) is 0 Å². The molecule has 0 unspecified atom stereocenters. The van der Waals surface area contributed by atoms with E-state index in [0.717, 1.165) is 99.2 Å². The molecule has 246 valence electrons. The molecule has 5 heteroatoms. The molecular weight excluding hydrogens is 649 g/mol. The number of hydrogen-bond acceptors (Lipinski definition) is 3. The summed E-state index contributed by atoms with van der Waals surface area (Å²) in [6, 6.07) is 60.0. The quantitative estimate of drug-likeness (QED) is 0.187. The predicted octanol–water partition coefficient (Wildman–Crippen LogP) is 12.5. The second kappa shape index (κ2) is 10.6. The third-order valence-corrected chi connectivity index (χ3v) is 10.9. The van der Waals surface area contributed by atoms with Gasteiger partial charge < -0.3 is 4.42 Å². The SMILES string of the molecule is c1ccc(-c2ccc3oc4c(-c5cc6c7ccccc7n(-c7nc8ccccc8c8nc9ccccc9n78)c6c6ccccc56)cccc4c3c2)cc1. The number of furan rings is 1. The highest BCUT2D eigenvalue weighted by atomic mass is 16.3. The average Bonchev–Trinajstić information content (AvgIpc) is 3.91. The molecule has 8 aromatic carbocycles. The maximum Gasteiger partial charge on any atom is 0.221 e. The summed E-state index contributed by atoms with van der Waals surface area (Å²) in [7, 11) is 0. The minimum atomic E-state index is 0.810. The first-order valence-electron chi connectivity index (χ1n) is 17.9. The van der Waals surface area contributed by atoms with Crippen LogP contribution in [0.5, 0.6) is 0 Å². The van der Waals surface area contributed by atoms with Gasteiger partial charge in [-0.05, 0) is 70.6 Å². The van der Waals surface area contributed by atoms with Crippen molar-refractivity contribution >= 4 is 82.1 Å². The van der Waals surface area contributed by atoms with Gasteiger partial charge in [0.15, 0.2) is 0 Å². The first-order chi connectivity index (χ1) is 26.3. The van der Waals surface area contributed by atoms with Crippen LogP contribution in [0.3, 0.4) is 0 Å². The summed E-state index contributed by atoms with van der Waals surface area (Å²) >= 11 is 0. The summed E-state index contributed by atoms with van der Waals surface area (Å²) in [6.45, 7) is 0. The summed E-state index contributed by atoms with van der Waals surface area (Å²) in [5.41, 5.74) is 12.3. The number of fused-ring (bicyclic) bond motifs is 13. The van der Waals surface area contributed by atoms with Crippen LogP contribution in [0.25, 0.3) is 110 Å². The van der Waals surface area contributed by atoms with E-state index < -0.39 is 0 Å². The van der Waals surface area contributed by atoms with Crippen LogP contribution in [0.15, 0.2) is 174 Å². The molecule has 4 aromatic heterocycles. The summed E-state index contributed by atoms with van der Waals surface area (Å²) in [5.74, 6) is 0.810. The standard InChI is InChI=1S/C48H28N4O/c1-2-13-29(14-3-1)30-25-26-44-38(27-30)35-20-12-19-34(46(35)53-44)37-28-39-32-16-7-10-23-42(32)51(45(39)33-17-5-4-15-31(33)37)48-50-40-21-8-6-18-36(40)47-49-41-22-9-11-24-43(41)52(47)48/h1-28H. The first kappa shape index (κ1) is 28.5. The van der Waals surface area contributed by atoms with Gasteiger partial charge in [-0.3, -0.25) is 8.97 Å². The van der Waals surface area contributed by atoms with Gasteiger partial charge >= 0.3 is 0 Å². The molecule has 0 aliphatic carbocycles. The second-order valence-electron chi connectivity index (χ2n) is 13.8. The Hall–Kier alpha value is -7.24. The minimum Gasteiger partial charge on any atom is -0.455 e. The molecule has 0 fully saturated rings. The molecule has 0 saturated carbocycles. The van der Waals surface area contributed by atoms with Crippen molar-refractivity contribution in [3.63, 3.8) is 0 Å². The molecule has 0 amide bonds. The van der Waals surface area contributed by atoms with E-state index >= 15 is 0 Å². The molecule has 0 bridgehead atoms. The Morgan fingerprint density at radius 3 is 1.98 bits per heavy atom. The van der Waals surface area contributed by atoms with Crippen LogP contribution in [-0.2, 0) is 0 Å². The second-order valence-corrected chi connectivity index (χ2v) is 13.8. The normalized spacial score (nSPS) is 12.2. The average molecular weight is 677 g/mol. The lowest BCUT2D eigenvalue weighted by atomic mass is 9.94. The maximum absolute atomic E-state index is 6.75. The van der Waals surface area contributed by atoms with Crippen molar-refractivity contribution < 1.29 is 4.42 Å². The number of imidazole rings is 1. The van der Waals surface area contributed by atoms with E-state index in [1.165, 1.54) is 11.1 Å². The number of nitrogens with zero attached hydrogens (tertiary/aromatic N) is 4. The van der Waals surface area contributed by atoms with Crippen LogP contribution < -0.4 is 0 Å². The molecule has 0 radical (unpaired) electrons. The van der Waals surface area contributed by atoms with Gasteiger partial charge in [-0.2, -0.15) is 0 Å². The third kappa shape index (κ3) is 3.96. The van der Waals surface area contributed by atoms with Crippen molar-refractivity contribution in [2.24, 2.45) is 0 Å². The Morgan fingerprint density at radius 2 is 1.11 bits per heavy atom. The minimum absolute atomic E-state index is 0.810. The largest absolute Gasteiger partial charge is 0.455 e. The Labute approximate surface area is 302 Å². The number of aromatic nitrogens is 4. The summed E-state index contributed by atoms with van der Waals surface area (Å²) in [5, 5.41) is 7.85. The van der Waals surface area contributed by atoms with Crippen LogP contribution >= 0.6 is 0 Å². The Morgan fingerprint density at radius 1 is 0.415 bits per heavy atom. The molecule has 0 N–H and O–H groups in total. The Balaban J connectivity index is 1.19. The highest BCUT2D eigenvalue weighted by Crippen LogP contribution is 2.45. The predicted molar refractivity (Wildman–Crippen MR) is 218 cm³/mol. The summed E-state index contributed by atoms with van der Waals surface area (Å²) in [4.78, 5) is 10.6. The van der Waals surface area contributed by atoms with Gasteiger partial charge in [0.2, 0.25) is 5.95 Å². The van der Waals surface area contributed by atoms with Gasteiger partial charge in [0.25, 0.3) is 0 Å². The Bertz CT molecular complexity index is 3460. The van der Waals surface area contributed by atoms with Gasteiger partial charge in [0.05, 0.1) is 27.6 Å². The zero-order valence-electron chi connectivity index (χ0n) is 28.4. The first-order valence-corrected chi connectivity index (χ1v) is 17.9. The molecule has 0 aliphatic heterocycles. The fraction of sp³-hybridized carbons (Fsp3) is 0. The van der Waals surface area contributed by atoms with Crippen molar-refractivity contribution in [3.8, 4) is 28.2 Å². The van der Waals surface area contributed by atoms with E-state index in [-0.39, 0.29) is 0 Å². The Kier molecular flexibility index (Phi) is 5.71. The van der Waals surface area contributed by atoms with Crippen LogP contribution in [0.4, 0.5) is 0 Å². The highest BCUT2D eigenvalue weighted by Gasteiger charge is 2.23. The molecule has 12 rings (SSSR count). The molecule has 12 aromatic rings. The van der Waals surface area contributed by atoms with Crippen molar-refractivity contribution in [2.75, 3.05) is 0 Å². The molecule has 53 heavy (non-hydrogen) atoms. The monoisotopic (exact) mass is 676 g/mol. The molecule has 0 aliphatic rings. The molecule has 5 nitrogen and oxygen atoms in total. The molecule has 0 spiro atoms. The van der Waals surface area contributed by atoms with Gasteiger partial charge in [-0.15, -0.1) is 0 Å². The van der Waals surface area contributed by atoms with Gasteiger partial charge in [-0.1, -0.05) is 121 Å². The van der Waals surface area contributed by atoms with Crippen LogP contribution in [-0.4, -0.2) is 18.9 Å². The molecule has 4 heterocycles. The third-order valence-electron chi connectivity index (χ3n) is 10.9. The van der Waals surface area contributed by atoms with E-state index in [1.807, 2.05) is 12.1 Å². The van der Waals surface area contributed by atoms with E-state index in [2.05, 4.69) is 167 Å². The topological polar surface area (TPSA) is 48.3 Å². The maximum atomic E-state index is 6.75. The number of rotatable bonds is 3. The van der Waals surface area contributed by atoms with Gasteiger partial charge in [0.1, 0.15) is 16.8 Å². The summed E-state index contributed by atoms with van der Waals surface area (Å²) in [6.07, 6.45) is 0. The van der Waals surface area contributed by atoms with Gasteiger partial charge in [0, 0.05) is 37.9 Å². The molecule has 0 saturated heterocycles. The van der Waals surface area contributed by atoms with Crippen molar-refractivity contribution in [3.05, 3.63) is 170 Å². The van der Waals surface area contributed by atoms with Crippen molar-refractivity contribution in [1.29, 1.82) is 0 Å². The molecule has 0 atom stereocenters. The summed E-state index contributed by atoms with van der Waals surface area (Å²) < 4.78 is 11.3. The lowest BCUT2D eigenvalue weighted by Crippen LogP contribution is -2.06. The highest BCUT2D eigenvalue weighted by molar-refractivity contribution is 6.23. The van der Waals surface area contributed by atoms with Crippen LogP contribution in [0.1, 0.15) is 0 Å². The smallest absolute Gasteiger partial charge is 0.221 e. The number of hydrogen-bond donors (Lipinski definition) is 0. The number of benzene rings is 8. The lowest BCUT2D eigenvalue weighted by Gasteiger charge is -2.15. The van der Waals surface area contributed by atoms with E-state index in [1.54, 1.807) is 0 Å². The molecular formula is C48H28N4O. The fourth-order valence-electron chi connectivity index (χ4n) is 8.55. The van der Waals surface area contributed by atoms with E-state index in [9.17, 15) is 0 Å². The zero-order valence-corrected chi connectivity index (χ0v) is 28.4. The van der Waals surface area contributed by atoms with E-state index in [4.69, 9.17) is 14.4 Å². The van der Waals surface area contributed by atoms with Crippen LogP contribution in [0.2, 0.25) is 0 Å².